The van der Waals surface area contributed by atoms with Gasteiger partial charge in [0.2, 0.25) is 0 Å². The minimum Gasteiger partial charge on any atom is -0.247 e. The van der Waals surface area contributed by atoms with Crippen molar-refractivity contribution in [1.82, 2.24) is 4.98 Å². The number of hydrogen-bond donors (Lipinski definition) is 0. The summed E-state index contributed by atoms with van der Waals surface area (Å²) in [6.07, 6.45) is 0. The highest BCUT2D eigenvalue weighted by molar-refractivity contribution is 6.22. The Morgan fingerprint density at radius 2 is 0.981 bits per heavy atom. The molecule has 1 aliphatic carbocycles. The van der Waals surface area contributed by atoms with E-state index in [4.69, 9.17) is 4.98 Å². The van der Waals surface area contributed by atoms with Crippen LogP contribution in [-0.4, -0.2) is 4.98 Å². The molecule has 0 spiro atoms. The molecule has 1 heterocycles. The second-order valence-electron chi connectivity index (χ2n) is 15.0. The van der Waals surface area contributed by atoms with E-state index in [-0.39, 0.29) is 5.41 Å². The van der Waals surface area contributed by atoms with Gasteiger partial charge in [0.1, 0.15) is 0 Å². The van der Waals surface area contributed by atoms with E-state index in [1.807, 2.05) is 0 Å². The van der Waals surface area contributed by atoms with Crippen molar-refractivity contribution in [3.8, 4) is 44.6 Å². The predicted octanol–water partition coefficient (Wildman–Crippen LogP) is 14.2. The Labute approximate surface area is 308 Å². The Morgan fingerprint density at radius 3 is 1.72 bits per heavy atom. The molecule has 0 N–H and O–H groups in total. The average molecular weight is 674 g/mol. The van der Waals surface area contributed by atoms with Crippen LogP contribution < -0.4 is 0 Å². The topological polar surface area (TPSA) is 12.9 Å². The molecule has 248 valence electrons. The summed E-state index contributed by atoms with van der Waals surface area (Å²) in [5, 5.41) is 11.2. The van der Waals surface area contributed by atoms with Crippen LogP contribution in [0.2, 0.25) is 0 Å². The Morgan fingerprint density at radius 1 is 0.396 bits per heavy atom. The van der Waals surface area contributed by atoms with E-state index in [0.717, 1.165) is 16.8 Å². The lowest BCUT2D eigenvalue weighted by Gasteiger charge is -2.25. The maximum absolute atomic E-state index is 5.52. The summed E-state index contributed by atoms with van der Waals surface area (Å²) in [5.74, 6) is 0. The van der Waals surface area contributed by atoms with Crippen LogP contribution in [0.5, 0.6) is 0 Å². The number of rotatable bonds is 3. The highest BCUT2D eigenvalue weighted by Gasteiger charge is 2.38. The Hall–Kier alpha value is -6.57. The smallest absolute Gasteiger partial charge is 0.0791 e. The number of pyridine rings is 1. The molecule has 11 rings (SSSR count). The van der Waals surface area contributed by atoms with Gasteiger partial charge in [0.25, 0.3) is 0 Å². The lowest BCUT2D eigenvalue weighted by Crippen LogP contribution is -2.16. The Bertz CT molecular complexity index is 3090. The first-order valence-corrected chi connectivity index (χ1v) is 18.6. The van der Waals surface area contributed by atoms with Gasteiger partial charge in [-0.2, -0.15) is 0 Å². The fraction of sp³-hybridized carbons (Fsp3) is 0.0577. The molecule has 10 aromatic rings. The van der Waals surface area contributed by atoms with Crippen LogP contribution in [0, 0.1) is 0 Å². The first-order chi connectivity index (χ1) is 26.1. The van der Waals surface area contributed by atoms with Crippen molar-refractivity contribution < 1.29 is 0 Å². The summed E-state index contributed by atoms with van der Waals surface area (Å²) in [4.78, 5) is 5.52. The van der Waals surface area contributed by atoms with Crippen LogP contribution in [0.4, 0.5) is 0 Å². The minimum atomic E-state index is -0.174. The van der Waals surface area contributed by atoms with Gasteiger partial charge in [-0.15, -0.1) is 0 Å². The van der Waals surface area contributed by atoms with Gasteiger partial charge in [-0.25, -0.2) is 4.98 Å². The van der Waals surface area contributed by atoms with Crippen LogP contribution in [0.25, 0.3) is 98.6 Å². The van der Waals surface area contributed by atoms with E-state index < -0.39 is 0 Å². The van der Waals surface area contributed by atoms with Gasteiger partial charge >= 0.3 is 0 Å². The normalized spacial score (nSPS) is 13.2. The number of nitrogens with zero attached hydrogens (tertiary/aromatic N) is 1. The maximum atomic E-state index is 5.52. The zero-order chi connectivity index (χ0) is 35.3. The summed E-state index contributed by atoms with van der Waals surface area (Å²) in [6, 6.07) is 64.7. The third kappa shape index (κ3) is 4.35. The molecular formula is C52H35N. The zero-order valence-corrected chi connectivity index (χ0v) is 29.7. The second kappa shape index (κ2) is 11.2. The summed E-state index contributed by atoms with van der Waals surface area (Å²) in [6.45, 7) is 4.75. The predicted molar refractivity (Wildman–Crippen MR) is 226 cm³/mol. The monoisotopic (exact) mass is 673 g/mol. The van der Waals surface area contributed by atoms with E-state index in [9.17, 15) is 0 Å². The quantitative estimate of drug-likeness (QED) is 0.134. The molecule has 1 aliphatic rings. The first kappa shape index (κ1) is 30.1. The van der Waals surface area contributed by atoms with Gasteiger partial charge in [0.05, 0.1) is 11.2 Å². The summed E-state index contributed by atoms with van der Waals surface area (Å²) < 4.78 is 0. The molecule has 0 saturated carbocycles. The van der Waals surface area contributed by atoms with Crippen molar-refractivity contribution in [3.63, 3.8) is 0 Å². The summed E-state index contributed by atoms with van der Waals surface area (Å²) >= 11 is 0. The highest BCUT2D eigenvalue weighted by atomic mass is 14.7. The summed E-state index contributed by atoms with van der Waals surface area (Å²) in [7, 11) is 0. The van der Waals surface area contributed by atoms with Crippen molar-refractivity contribution in [2.24, 2.45) is 0 Å². The standard InChI is InChI=1S/C52H35N/c1-52(2)45-24-11-9-18-37(45)44-29-28-43-38-19-10-12-25-46(38)53-51(49(43)50(44)52)36-17-13-16-34(31-36)47-39-20-5-7-22-41(39)48(42-23-8-6-21-40(42)47)35-27-26-32-14-3-4-15-33(32)30-35/h3-31H,1-2H3. The molecule has 53 heavy (non-hydrogen) atoms. The van der Waals surface area contributed by atoms with Gasteiger partial charge < -0.3 is 0 Å². The first-order valence-electron chi connectivity index (χ1n) is 18.6. The van der Waals surface area contributed by atoms with Crippen LogP contribution in [-0.2, 0) is 5.41 Å². The summed E-state index contributed by atoms with van der Waals surface area (Å²) in [5.41, 5.74) is 13.4. The second-order valence-corrected chi connectivity index (χ2v) is 15.0. The van der Waals surface area contributed by atoms with Crippen LogP contribution in [0.3, 0.4) is 0 Å². The lowest BCUT2D eigenvalue weighted by molar-refractivity contribution is 0.666. The number of para-hydroxylation sites is 1. The maximum Gasteiger partial charge on any atom is 0.0791 e. The Kier molecular flexibility index (Phi) is 6.37. The van der Waals surface area contributed by atoms with Crippen LogP contribution >= 0.6 is 0 Å². The number of benzene rings is 9. The van der Waals surface area contributed by atoms with Gasteiger partial charge in [0, 0.05) is 21.8 Å². The van der Waals surface area contributed by atoms with Crippen molar-refractivity contribution in [2.45, 2.75) is 19.3 Å². The lowest BCUT2D eigenvalue weighted by atomic mass is 9.79. The molecule has 0 saturated heterocycles. The van der Waals surface area contributed by atoms with Gasteiger partial charge in [0.15, 0.2) is 0 Å². The average Bonchev–Trinajstić information content (AvgIpc) is 3.45. The van der Waals surface area contributed by atoms with E-state index in [1.165, 1.54) is 93.0 Å². The van der Waals surface area contributed by atoms with Crippen LogP contribution in [0.1, 0.15) is 25.0 Å². The van der Waals surface area contributed by atoms with E-state index in [0.29, 0.717) is 0 Å². The molecule has 0 unspecified atom stereocenters. The van der Waals surface area contributed by atoms with Crippen molar-refractivity contribution in [2.75, 3.05) is 0 Å². The molecule has 0 bridgehead atoms. The number of fused-ring (bicyclic) bond motifs is 10. The molecule has 0 fully saturated rings. The van der Waals surface area contributed by atoms with E-state index >= 15 is 0 Å². The molecule has 9 aromatic carbocycles. The third-order valence-electron chi connectivity index (χ3n) is 11.8. The molecule has 1 aromatic heterocycles. The van der Waals surface area contributed by atoms with Crippen LogP contribution in [0.15, 0.2) is 176 Å². The van der Waals surface area contributed by atoms with Gasteiger partial charge in [-0.05, 0) is 100 Å². The van der Waals surface area contributed by atoms with Crippen molar-refractivity contribution in [1.29, 1.82) is 0 Å². The zero-order valence-electron chi connectivity index (χ0n) is 29.7. The molecule has 1 nitrogen and oxygen atoms in total. The van der Waals surface area contributed by atoms with Gasteiger partial charge in [-0.3, -0.25) is 0 Å². The largest absolute Gasteiger partial charge is 0.247 e. The Balaban J connectivity index is 1.20. The van der Waals surface area contributed by atoms with E-state index in [2.05, 4.69) is 190 Å². The molecular weight excluding hydrogens is 639 g/mol. The highest BCUT2D eigenvalue weighted by Crippen LogP contribution is 2.53. The molecule has 0 atom stereocenters. The SMILES string of the molecule is CC1(C)c2ccccc2-c2ccc3c(c(-c4cccc(-c5c6ccccc6c(-c6ccc7ccccc7c6)c6ccccc56)c4)nc4ccccc43)c21. The van der Waals surface area contributed by atoms with Crippen molar-refractivity contribution in [3.05, 3.63) is 187 Å². The molecule has 0 aliphatic heterocycles. The van der Waals surface area contributed by atoms with E-state index in [1.54, 1.807) is 0 Å². The fourth-order valence-corrected chi connectivity index (χ4v) is 9.45. The number of hydrogen-bond acceptors (Lipinski definition) is 1. The third-order valence-corrected chi connectivity index (χ3v) is 11.8. The molecule has 1 heteroatoms. The molecule has 0 radical (unpaired) electrons. The molecule has 0 amide bonds. The van der Waals surface area contributed by atoms with Crippen molar-refractivity contribution >= 4 is 54.0 Å². The fourth-order valence-electron chi connectivity index (χ4n) is 9.45. The number of aromatic nitrogens is 1. The minimum absolute atomic E-state index is 0.174. The van der Waals surface area contributed by atoms with Gasteiger partial charge in [-0.1, -0.05) is 172 Å².